The summed E-state index contributed by atoms with van der Waals surface area (Å²) < 4.78 is 16.0. The van der Waals surface area contributed by atoms with Gasteiger partial charge >= 0.3 is 5.97 Å². The number of hydrogen-bond acceptors (Lipinski definition) is 6. The smallest absolute Gasteiger partial charge is 0.339 e. The summed E-state index contributed by atoms with van der Waals surface area (Å²) >= 11 is 0. The van der Waals surface area contributed by atoms with E-state index in [0.717, 1.165) is 5.39 Å². The van der Waals surface area contributed by atoms with Crippen LogP contribution in [0.2, 0.25) is 0 Å². The lowest BCUT2D eigenvalue weighted by Gasteiger charge is -2.17. The number of fused-ring (bicyclic) bond motifs is 1. The van der Waals surface area contributed by atoms with E-state index in [1.54, 1.807) is 12.3 Å². The van der Waals surface area contributed by atoms with Gasteiger partial charge in [-0.25, -0.2) is 14.8 Å². The van der Waals surface area contributed by atoms with Crippen LogP contribution in [-0.2, 0) is 0 Å². The monoisotopic (exact) mass is 329 g/mol. The van der Waals surface area contributed by atoms with Crippen LogP contribution in [0.15, 0.2) is 24.7 Å². The molecule has 8 heteroatoms. The number of H-pyrrole nitrogens is 1. The molecule has 2 heterocycles. The van der Waals surface area contributed by atoms with E-state index in [-0.39, 0.29) is 17.1 Å². The van der Waals surface area contributed by atoms with E-state index in [2.05, 4.69) is 15.0 Å². The van der Waals surface area contributed by atoms with E-state index in [9.17, 15) is 9.90 Å². The molecule has 0 aliphatic rings. The minimum Gasteiger partial charge on any atom is -0.492 e. The Morgan fingerprint density at radius 2 is 1.79 bits per heavy atom. The Labute approximate surface area is 137 Å². The van der Waals surface area contributed by atoms with Gasteiger partial charge in [0.05, 0.1) is 27.0 Å². The number of aromatic amines is 1. The number of hydrogen-bond donors (Lipinski definition) is 2. The molecule has 2 aromatic heterocycles. The van der Waals surface area contributed by atoms with Crippen LogP contribution in [0, 0.1) is 0 Å². The van der Waals surface area contributed by atoms with Crippen LogP contribution >= 0.6 is 0 Å². The Bertz CT molecular complexity index is 919. The van der Waals surface area contributed by atoms with Gasteiger partial charge in [0.15, 0.2) is 11.5 Å². The summed E-state index contributed by atoms with van der Waals surface area (Å²) in [7, 11) is 4.26. The quantitative estimate of drug-likeness (QED) is 0.740. The molecule has 0 saturated heterocycles. The highest BCUT2D eigenvalue weighted by Gasteiger charge is 2.26. The summed E-state index contributed by atoms with van der Waals surface area (Å²) in [5, 5.41) is 10.2. The van der Waals surface area contributed by atoms with Crippen LogP contribution in [0.1, 0.15) is 10.4 Å². The molecule has 0 aliphatic carbocycles. The average molecular weight is 329 g/mol. The molecule has 0 radical (unpaired) electrons. The highest BCUT2D eigenvalue weighted by Crippen LogP contribution is 2.47. The van der Waals surface area contributed by atoms with Gasteiger partial charge in [0.25, 0.3) is 0 Å². The van der Waals surface area contributed by atoms with E-state index in [4.69, 9.17) is 14.2 Å². The summed E-state index contributed by atoms with van der Waals surface area (Å²) in [6.45, 7) is 0. The van der Waals surface area contributed by atoms with Crippen molar-refractivity contribution >= 4 is 17.0 Å². The first-order valence-electron chi connectivity index (χ1n) is 6.97. The number of benzene rings is 1. The predicted molar refractivity (Wildman–Crippen MR) is 85.9 cm³/mol. The third kappa shape index (κ3) is 2.28. The van der Waals surface area contributed by atoms with E-state index < -0.39 is 5.97 Å². The lowest BCUT2D eigenvalue weighted by atomic mass is 10.0. The van der Waals surface area contributed by atoms with Gasteiger partial charge in [-0.15, -0.1) is 0 Å². The number of carboxylic acids is 1. The summed E-state index contributed by atoms with van der Waals surface area (Å²) in [4.78, 5) is 23.0. The fraction of sp³-hybridized carbons (Fsp3) is 0.188. The van der Waals surface area contributed by atoms with Gasteiger partial charge in [-0.3, -0.25) is 0 Å². The lowest BCUT2D eigenvalue weighted by Crippen LogP contribution is -2.06. The summed E-state index contributed by atoms with van der Waals surface area (Å²) in [6.07, 6.45) is 3.12. The van der Waals surface area contributed by atoms with Gasteiger partial charge < -0.3 is 24.3 Å². The van der Waals surface area contributed by atoms with Crippen molar-refractivity contribution in [3.63, 3.8) is 0 Å². The van der Waals surface area contributed by atoms with Crippen molar-refractivity contribution in [2.45, 2.75) is 0 Å². The first-order chi connectivity index (χ1) is 11.6. The second-order valence-corrected chi connectivity index (χ2v) is 4.84. The molecule has 2 N–H and O–H groups in total. The first-order valence-corrected chi connectivity index (χ1v) is 6.97. The van der Waals surface area contributed by atoms with Gasteiger partial charge in [0.1, 0.15) is 17.5 Å². The third-order valence-electron chi connectivity index (χ3n) is 3.64. The molecule has 1 aromatic carbocycles. The number of nitrogens with one attached hydrogen (secondary N) is 1. The molecule has 0 fully saturated rings. The molecule has 0 saturated carbocycles. The van der Waals surface area contributed by atoms with Crippen LogP contribution in [-0.4, -0.2) is 47.4 Å². The fourth-order valence-corrected chi connectivity index (χ4v) is 2.64. The van der Waals surface area contributed by atoms with Crippen molar-refractivity contribution < 1.29 is 24.1 Å². The van der Waals surface area contributed by atoms with E-state index in [1.807, 2.05) is 0 Å². The third-order valence-corrected chi connectivity index (χ3v) is 3.64. The second-order valence-electron chi connectivity index (χ2n) is 4.84. The fourth-order valence-electron chi connectivity index (χ4n) is 2.64. The number of aromatic carboxylic acids is 1. The molecule has 24 heavy (non-hydrogen) atoms. The van der Waals surface area contributed by atoms with E-state index in [1.165, 1.54) is 33.7 Å². The summed E-state index contributed by atoms with van der Waals surface area (Å²) in [5.41, 5.74) is 1.59. The Morgan fingerprint density at radius 3 is 2.42 bits per heavy atom. The number of carboxylic acid groups (broad SMARTS) is 1. The molecule has 3 aromatic rings. The molecule has 8 nitrogen and oxygen atoms in total. The number of ether oxygens (including phenoxy) is 3. The Balaban J connectivity index is 2.41. The van der Waals surface area contributed by atoms with Gasteiger partial charge in [-0.2, -0.15) is 0 Å². The van der Waals surface area contributed by atoms with Crippen molar-refractivity contribution in [3.8, 4) is 28.5 Å². The maximum Gasteiger partial charge on any atom is 0.339 e. The Kier molecular flexibility index (Phi) is 3.95. The minimum atomic E-state index is -1.14. The van der Waals surface area contributed by atoms with E-state index >= 15 is 0 Å². The van der Waals surface area contributed by atoms with Crippen molar-refractivity contribution in [2.75, 3.05) is 21.3 Å². The maximum absolute atomic E-state index is 11.6. The molecular formula is C16H15N3O5. The number of aromatic nitrogens is 3. The number of carbonyl (C=O) groups is 1. The molecule has 0 unspecified atom stereocenters. The van der Waals surface area contributed by atoms with Crippen LogP contribution in [0.3, 0.4) is 0 Å². The molecule has 0 atom stereocenters. The highest BCUT2D eigenvalue weighted by atomic mass is 16.5. The van der Waals surface area contributed by atoms with Crippen LogP contribution in [0.4, 0.5) is 0 Å². The Hall–Kier alpha value is -3.29. The summed E-state index contributed by atoms with van der Waals surface area (Å²) in [6, 6.07) is 3.26. The van der Waals surface area contributed by atoms with E-state index in [0.29, 0.717) is 22.7 Å². The zero-order chi connectivity index (χ0) is 17.3. The number of methoxy groups -OCH3 is 3. The second kappa shape index (κ2) is 6.07. The number of rotatable bonds is 5. The topological polar surface area (TPSA) is 107 Å². The highest BCUT2D eigenvalue weighted by molar-refractivity contribution is 5.99. The largest absolute Gasteiger partial charge is 0.492 e. The SMILES string of the molecule is COc1c(C(=O)O)cc(-c2ncnc3[nH]ccc23)c(OC)c1OC. The predicted octanol–water partition coefficient (Wildman–Crippen LogP) is 2.35. The molecule has 3 rings (SSSR count). The molecule has 0 bridgehead atoms. The van der Waals surface area contributed by atoms with Gasteiger partial charge in [-0.05, 0) is 12.1 Å². The lowest BCUT2D eigenvalue weighted by molar-refractivity contribution is 0.0692. The zero-order valence-corrected chi connectivity index (χ0v) is 13.3. The van der Waals surface area contributed by atoms with Crippen molar-refractivity contribution in [2.24, 2.45) is 0 Å². The molecule has 124 valence electrons. The average Bonchev–Trinajstić information content (AvgIpc) is 3.08. The summed E-state index contributed by atoms with van der Waals surface area (Å²) in [5.74, 6) is -0.531. The molecule has 0 amide bonds. The van der Waals surface area contributed by atoms with Crippen molar-refractivity contribution in [1.29, 1.82) is 0 Å². The van der Waals surface area contributed by atoms with Crippen LogP contribution in [0.25, 0.3) is 22.3 Å². The molecule has 0 spiro atoms. The van der Waals surface area contributed by atoms with Gasteiger partial charge in [-0.1, -0.05) is 0 Å². The maximum atomic E-state index is 11.6. The van der Waals surface area contributed by atoms with Crippen molar-refractivity contribution in [1.82, 2.24) is 15.0 Å². The van der Waals surface area contributed by atoms with Gasteiger partial charge in [0, 0.05) is 17.1 Å². The van der Waals surface area contributed by atoms with Gasteiger partial charge in [0.2, 0.25) is 5.75 Å². The molecular weight excluding hydrogens is 314 g/mol. The molecule has 0 aliphatic heterocycles. The number of nitrogens with zero attached hydrogens (tertiary/aromatic N) is 2. The van der Waals surface area contributed by atoms with Crippen LogP contribution in [0.5, 0.6) is 17.2 Å². The van der Waals surface area contributed by atoms with Crippen molar-refractivity contribution in [3.05, 3.63) is 30.2 Å². The standard InChI is InChI=1S/C16H15N3O5/c1-22-12-9(11-8-4-5-17-15(8)19-7-18-11)6-10(16(20)21)13(23-2)14(12)24-3/h4-7H,1-3H3,(H,20,21)(H,17,18,19). The minimum absolute atomic E-state index is 0.0487. The normalized spacial score (nSPS) is 10.6. The Morgan fingerprint density at radius 1 is 1.08 bits per heavy atom. The van der Waals surface area contributed by atoms with Crippen LogP contribution < -0.4 is 14.2 Å². The first kappa shape index (κ1) is 15.6. The zero-order valence-electron chi connectivity index (χ0n) is 13.3.